The Balaban J connectivity index is 1.88. The topological polar surface area (TPSA) is 40.5 Å². The van der Waals surface area contributed by atoms with Crippen LogP contribution in [0.15, 0.2) is 0 Å². The van der Waals surface area contributed by atoms with E-state index in [2.05, 4.69) is 4.90 Å². The van der Waals surface area contributed by atoms with Gasteiger partial charge in [0.25, 0.3) is 0 Å². The van der Waals surface area contributed by atoms with Crippen LogP contribution in [0.1, 0.15) is 44.9 Å². The van der Waals surface area contributed by atoms with Crippen molar-refractivity contribution in [2.24, 2.45) is 11.8 Å². The Morgan fingerprint density at radius 3 is 2.44 bits per heavy atom. The lowest BCUT2D eigenvalue weighted by Gasteiger charge is -2.45. The smallest absolute Gasteiger partial charge is 0.324 e. The van der Waals surface area contributed by atoms with Gasteiger partial charge in [-0.2, -0.15) is 0 Å². The van der Waals surface area contributed by atoms with Crippen LogP contribution in [0.3, 0.4) is 0 Å². The molecule has 1 N–H and O–H groups in total. The maximum absolute atomic E-state index is 11.8. The first kappa shape index (κ1) is 10.6. The van der Waals surface area contributed by atoms with E-state index in [1.807, 2.05) is 0 Å². The zero-order valence-corrected chi connectivity index (χ0v) is 9.82. The van der Waals surface area contributed by atoms with Gasteiger partial charge in [0.15, 0.2) is 0 Å². The van der Waals surface area contributed by atoms with Gasteiger partial charge in [-0.15, -0.1) is 0 Å². The SMILES string of the molecule is O=C(O)C1(N2CCCCC2)CC2CCC1C2. The van der Waals surface area contributed by atoms with Crippen molar-refractivity contribution in [2.45, 2.75) is 50.5 Å². The second-order valence-electron chi connectivity index (χ2n) is 5.86. The third-order valence-electron chi connectivity index (χ3n) is 5.11. The molecule has 2 saturated carbocycles. The van der Waals surface area contributed by atoms with Crippen LogP contribution in [0.5, 0.6) is 0 Å². The number of rotatable bonds is 2. The minimum Gasteiger partial charge on any atom is -0.480 e. The lowest BCUT2D eigenvalue weighted by atomic mass is 9.78. The van der Waals surface area contributed by atoms with Crippen molar-refractivity contribution < 1.29 is 9.90 Å². The molecule has 3 atom stereocenters. The second-order valence-corrected chi connectivity index (χ2v) is 5.86. The number of piperidine rings is 1. The lowest BCUT2D eigenvalue weighted by Crippen LogP contribution is -2.59. The van der Waals surface area contributed by atoms with Crippen molar-refractivity contribution >= 4 is 5.97 Å². The van der Waals surface area contributed by atoms with Crippen molar-refractivity contribution in [3.8, 4) is 0 Å². The number of likely N-dealkylation sites (tertiary alicyclic amines) is 1. The van der Waals surface area contributed by atoms with E-state index in [1.54, 1.807) is 0 Å². The van der Waals surface area contributed by atoms with Crippen LogP contribution in [0.2, 0.25) is 0 Å². The Bertz CT molecular complexity index is 298. The Hall–Kier alpha value is -0.570. The van der Waals surface area contributed by atoms with Crippen LogP contribution >= 0.6 is 0 Å². The van der Waals surface area contributed by atoms with E-state index in [4.69, 9.17) is 0 Å². The second kappa shape index (κ2) is 3.73. The minimum atomic E-state index is -0.540. The molecule has 90 valence electrons. The molecule has 1 saturated heterocycles. The van der Waals surface area contributed by atoms with Crippen molar-refractivity contribution in [3.05, 3.63) is 0 Å². The summed E-state index contributed by atoms with van der Waals surface area (Å²) in [5, 5.41) is 9.70. The molecule has 0 aromatic rings. The molecular weight excluding hydrogens is 202 g/mol. The Labute approximate surface area is 96.8 Å². The van der Waals surface area contributed by atoms with Crippen molar-refractivity contribution in [2.75, 3.05) is 13.1 Å². The van der Waals surface area contributed by atoms with E-state index in [1.165, 1.54) is 32.1 Å². The van der Waals surface area contributed by atoms with Crippen LogP contribution < -0.4 is 0 Å². The summed E-state index contributed by atoms with van der Waals surface area (Å²) >= 11 is 0. The summed E-state index contributed by atoms with van der Waals surface area (Å²) in [5.74, 6) is 0.595. The number of fused-ring (bicyclic) bond motifs is 2. The first-order chi connectivity index (χ1) is 7.73. The van der Waals surface area contributed by atoms with Gasteiger partial charge in [-0.05, 0) is 57.0 Å². The van der Waals surface area contributed by atoms with Gasteiger partial charge in [0, 0.05) is 0 Å². The maximum Gasteiger partial charge on any atom is 0.324 e. The van der Waals surface area contributed by atoms with E-state index >= 15 is 0 Å². The van der Waals surface area contributed by atoms with Gasteiger partial charge in [-0.1, -0.05) is 12.8 Å². The fourth-order valence-corrected chi connectivity index (χ4v) is 4.38. The van der Waals surface area contributed by atoms with Crippen LogP contribution in [0.4, 0.5) is 0 Å². The van der Waals surface area contributed by atoms with Gasteiger partial charge in [0.1, 0.15) is 5.54 Å². The van der Waals surface area contributed by atoms with Crippen LogP contribution in [-0.2, 0) is 4.79 Å². The predicted molar refractivity (Wildman–Crippen MR) is 61.2 cm³/mol. The molecule has 0 amide bonds. The monoisotopic (exact) mass is 223 g/mol. The standard InChI is InChI=1S/C13H21NO2/c15-12(16)13(14-6-2-1-3-7-14)9-10-4-5-11(13)8-10/h10-11H,1-9H2,(H,15,16). The quantitative estimate of drug-likeness (QED) is 0.779. The molecule has 1 aliphatic heterocycles. The highest BCUT2D eigenvalue weighted by Crippen LogP contribution is 2.54. The summed E-state index contributed by atoms with van der Waals surface area (Å²) in [6.45, 7) is 2.02. The van der Waals surface area contributed by atoms with Crippen LogP contribution in [0, 0.1) is 11.8 Å². The number of hydrogen-bond donors (Lipinski definition) is 1. The van der Waals surface area contributed by atoms with Gasteiger partial charge in [0.05, 0.1) is 0 Å². The Morgan fingerprint density at radius 1 is 1.19 bits per heavy atom. The molecule has 2 aliphatic carbocycles. The van der Waals surface area contributed by atoms with E-state index in [0.29, 0.717) is 11.8 Å². The molecule has 3 nitrogen and oxygen atoms in total. The zero-order valence-electron chi connectivity index (χ0n) is 9.82. The molecule has 3 heteroatoms. The number of hydrogen-bond acceptors (Lipinski definition) is 2. The van der Waals surface area contributed by atoms with Crippen molar-refractivity contribution in [3.63, 3.8) is 0 Å². The third kappa shape index (κ3) is 1.33. The molecule has 16 heavy (non-hydrogen) atoms. The van der Waals surface area contributed by atoms with Crippen molar-refractivity contribution in [1.82, 2.24) is 4.90 Å². The van der Waals surface area contributed by atoms with Crippen LogP contribution in [0.25, 0.3) is 0 Å². The number of carboxylic acids is 1. The molecule has 2 bridgehead atoms. The average Bonchev–Trinajstić information content (AvgIpc) is 2.90. The Morgan fingerprint density at radius 2 is 1.94 bits per heavy atom. The van der Waals surface area contributed by atoms with E-state index in [-0.39, 0.29) is 0 Å². The molecule has 0 aromatic carbocycles. The lowest BCUT2D eigenvalue weighted by molar-refractivity contribution is -0.157. The maximum atomic E-state index is 11.8. The summed E-state index contributed by atoms with van der Waals surface area (Å²) in [6, 6.07) is 0. The molecule has 0 spiro atoms. The average molecular weight is 223 g/mol. The first-order valence-corrected chi connectivity index (χ1v) is 6.72. The number of aliphatic carboxylic acids is 1. The van der Waals surface area contributed by atoms with E-state index in [9.17, 15) is 9.90 Å². The summed E-state index contributed by atoms with van der Waals surface area (Å²) in [4.78, 5) is 14.1. The fraction of sp³-hybridized carbons (Fsp3) is 0.923. The summed E-state index contributed by atoms with van der Waals surface area (Å²) in [7, 11) is 0. The molecule has 0 aromatic heterocycles. The van der Waals surface area contributed by atoms with Gasteiger partial charge < -0.3 is 5.11 Å². The van der Waals surface area contributed by atoms with Gasteiger partial charge in [-0.25, -0.2) is 0 Å². The molecule has 1 heterocycles. The van der Waals surface area contributed by atoms with E-state index in [0.717, 1.165) is 25.9 Å². The number of nitrogens with zero attached hydrogens (tertiary/aromatic N) is 1. The van der Waals surface area contributed by atoms with Crippen molar-refractivity contribution in [1.29, 1.82) is 0 Å². The van der Waals surface area contributed by atoms with Gasteiger partial charge >= 0.3 is 5.97 Å². The predicted octanol–water partition coefficient (Wildman–Crippen LogP) is 2.12. The molecule has 3 unspecified atom stereocenters. The highest BCUT2D eigenvalue weighted by atomic mass is 16.4. The van der Waals surface area contributed by atoms with Crippen LogP contribution in [-0.4, -0.2) is 34.6 Å². The normalized spacial score (nSPS) is 43.8. The zero-order chi connectivity index (χ0) is 11.2. The van der Waals surface area contributed by atoms with Gasteiger partial charge in [-0.3, -0.25) is 9.69 Å². The highest BCUT2D eigenvalue weighted by Gasteiger charge is 2.58. The molecule has 3 rings (SSSR count). The molecule has 0 radical (unpaired) electrons. The largest absolute Gasteiger partial charge is 0.480 e. The molecule has 3 fully saturated rings. The molecule has 3 aliphatic rings. The fourth-order valence-electron chi connectivity index (χ4n) is 4.38. The first-order valence-electron chi connectivity index (χ1n) is 6.72. The van der Waals surface area contributed by atoms with Gasteiger partial charge in [0.2, 0.25) is 0 Å². The van der Waals surface area contributed by atoms with E-state index < -0.39 is 11.5 Å². The summed E-state index contributed by atoms with van der Waals surface area (Å²) < 4.78 is 0. The highest BCUT2D eigenvalue weighted by molar-refractivity contribution is 5.80. The third-order valence-corrected chi connectivity index (χ3v) is 5.11. The minimum absolute atomic E-state index is 0.438. The number of carboxylic acid groups (broad SMARTS) is 1. The Kier molecular flexibility index (Phi) is 2.46. The number of carbonyl (C=O) groups is 1. The summed E-state index contributed by atoms with van der Waals surface area (Å²) in [6.07, 6.45) is 8.16. The molecular formula is C13H21NO2. The summed E-state index contributed by atoms with van der Waals surface area (Å²) in [5.41, 5.74) is -0.469.